The van der Waals surface area contributed by atoms with Crippen LogP contribution in [-0.4, -0.2) is 20.3 Å². The van der Waals surface area contributed by atoms with Gasteiger partial charge in [0.2, 0.25) is 5.82 Å². The van der Waals surface area contributed by atoms with Crippen LogP contribution in [0, 0.1) is 12.7 Å². The number of halogens is 1. The van der Waals surface area contributed by atoms with E-state index in [4.69, 9.17) is 9.05 Å². The molecule has 26 heavy (non-hydrogen) atoms. The molecule has 0 unspecified atom stereocenters. The predicted octanol–water partition coefficient (Wildman–Crippen LogP) is 3.85. The highest BCUT2D eigenvalue weighted by Crippen LogP contribution is 2.24. The summed E-state index contributed by atoms with van der Waals surface area (Å²) in [5.74, 6) is 1.49. The van der Waals surface area contributed by atoms with E-state index in [1.54, 1.807) is 36.5 Å². The number of aromatic nitrogens is 4. The summed E-state index contributed by atoms with van der Waals surface area (Å²) in [7, 11) is 0. The Morgan fingerprint density at radius 1 is 1.08 bits per heavy atom. The summed E-state index contributed by atoms with van der Waals surface area (Å²) >= 11 is 0. The third-order valence-corrected chi connectivity index (χ3v) is 3.68. The lowest BCUT2D eigenvalue weighted by Gasteiger charge is -2.02. The fourth-order valence-corrected chi connectivity index (χ4v) is 2.40. The zero-order valence-corrected chi connectivity index (χ0v) is 13.8. The maximum absolute atomic E-state index is 13.8. The van der Waals surface area contributed by atoms with Gasteiger partial charge in [0.15, 0.2) is 0 Å². The van der Waals surface area contributed by atoms with E-state index in [9.17, 15) is 4.39 Å². The maximum Gasteiger partial charge on any atom is 0.259 e. The van der Waals surface area contributed by atoms with E-state index in [2.05, 4.69) is 25.6 Å². The molecule has 130 valence electrons. The molecule has 0 bridgehead atoms. The first kappa shape index (κ1) is 15.9. The quantitative estimate of drug-likeness (QED) is 0.584. The fourth-order valence-electron chi connectivity index (χ4n) is 2.40. The van der Waals surface area contributed by atoms with Gasteiger partial charge in [0.25, 0.3) is 5.89 Å². The summed E-state index contributed by atoms with van der Waals surface area (Å²) in [6.45, 7) is 2.34. The number of hydrogen-bond acceptors (Lipinski definition) is 7. The van der Waals surface area contributed by atoms with Crippen LogP contribution in [0.1, 0.15) is 11.5 Å². The summed E-state index contributed by atoms with van der Waals surface area (Å²) in [6.07, 6.45) is 1.61. The minimum absolute atomic E-state index is 0.196. The first-order valence-corrected chi connectivity index (χ1v) is 7.90. The summed E-state index contributed by atoms with van der Waals surface area (Å²) in [5, 5.41) is 10.9. The molecule has 1 N–H and O–H groups in total. The molecule has 4 rings (SSSR count). The first-order chi connectivity index (χ1) is 12.7. The van der Waals surface area contributed by atoms with Crippen LogP contribution in [0.2, 0.25) is 0 Å². The summed E-state index contributed by atoms with van der Waals surface area (Å²) in [6, 6.07) is 11.7. The molecule has 7 nitrogen and oxygen atoms in total. The molecule has 3 aromatic heterocycles. The Bertz CT molecular complexity index is 1030. The van der Waals surface area contributed by atoms with Crippen LogP contribution in [0.25, 0.3) is 22.8 Å². The Hall–Kier alpha value is -3.55. The largest absolute Gasteiger partial charge is 0.364 e. The summed E-state index contributed by atoms with van der Waals surface area (Å²) in [5.41, 5.74) is 1.72. The Kier molecular flexibility index (Phi) is 4.14. The molecule has 0 aliphatic heterocycles. The van der Waals surface area contributed by atoms with Gasteiger partial charge >= 0.3 is 0 Å². The Morgan fingerprint density at radius 2 is 1.96 bits per heavy atom. The van der Waals surface area contributed by atoms with Crippen LogP contribution >= 0.6 is 0 Å². The number of hydrogen-bond donors (Lipinski definition) is 1. The van der Waals surface area contributed by atoms with Gasteiger partial charge in [-0.15, -0.1) is 0 Å². The van der Waals surface area contributed by atoms with Crippen molar-refractivity contribution in [2.75, 3.05) is 5.32 Å². The van der Waals surface area contributed by atoms with E-state index in [0.717, 1.165) is 11.5 Å². The number of rotatable bonds is 5. The lowest BCUT2D eigenvalue weighted by atomic mass is 10.2. The van der Waals surface area contributed by atoms with Crippen LogP contribution in [0.5, 0.6) is 0 Å². The van der Waals surface area contributed by atoms with Gasteiger partial charge in [0.1, 0.15) is 23.1 Å². The average Bonchev–Trinajstić information content (AvgIpc) is 3.30. The molecule has 0 amide bonds. The van der Waals surface area contributed by atoms with E-state index < -0.39 is 5.82 Å². The molecule has 0 atom stereocenters. The molecule has 0 radical (unpaired) electrons. The van der Waals surface area contributed by atoms with Crippen LogP contribution < -0.4 is 5.32 Å². The van der Waals surface area contributed by atoms with Gasteiger partial charge in [-0.25, -0.2) is 9.37 Å². The second-order valence-electron chi connectivity index (χ2n) is 5.62. The molecule has 0 saturated heterocycles. The molecule has 4 aromatic rings. The number of pyridine rings is 1. The van der Waals surface area contributed by atoms with Crippen molar-refractivity contribution in [1.29, 1.82) is 0 Å². The SMILES string of the molecule is Cc1cc(CNc2ccc(-c3nc(-c4ccccc4F)no3)cn2)no1. The van der Waals surface area contributed by atoms with Crippen LogP contribution in [0.4, 0.5) is 10.2 Å². The molecule has 3 heterocycles. The smallest absolute Gasteiger partial charge is 0.259 e. The lowest BCUT2D eigenvalue weighted by molar-refractivity contribution is 0.391. The van der Waals surface area contributed by atoms with E-state index in [0.29, 0.717) is 17.9 Å². The number of aryl methyl sites for hydroxylation is 1. The molecular formula is C18H14FN5O2. The molecule has 0 aliphatic carbocycles. The molecule has 0 spiro atoms. The van der Waals surface area contributed by atoms with Crippen LogP contribution in [0.15, 0.2) is 57.7 Å². The molecular weight excluding hydrogens is 337 g/mol. The Morgan fingerprint density at radius 3 is 2.69 bits per heavy atom. The third kappa shape index (κ3) is 3.30. The number of nitrogens with one attached hydrogen (secondary N) is 1. The van der Waals surface area contributed by atoms with Gasteiger partial charge in [0.05, 0.1) is 17.7 Å². The third-order valence-electron chi connectivity index (χ3n) is 3.68. The van der Waals surface area contributed by atoms with Gasteiger partial charge in [0, 0.05) is 12.3 Å². The molecule has 0 saturated carbocycles. The summed E-state index contributed by atoms with van der Waals surface area (Å²) < 4.78 is 24.0. The van der Waals surface area contributed by atoms with E-state index >= 15 is 0 Å². The average molecular weight is 351 g/mol. The van der Waals surface area contributed by atoms with Crippen molar-refractivity contribution in [3.8, 4) is 22.8 Å². The zero-order chi connectivity index (χ0) is 17.9. The van der Waals surface area contributed by atoms with Gasteiger partial charge in [-0.1, -0.05) is 22.4 Å². The second-order valence-corrected chi connectivity index (χ2v) is 5.62. The van der Waals surface area contributed by atoms with Crippen LogP contribution in [0.3, 0.4) is 0 Å². The Labute approximate surface area is 147 Å². The van der Waals surface area contributed by atoms with Gasteiger partial charge in [-0.3, -0.25) is 0 Å². The molecule has 0 fully saturated rings. The second kappa shape index (κ2) is 6.75. The maximum atomic E-state index is 13.8. The van der Waals surface area contributed by atoms with Gasteiger partial charge in [-0.2, -0.15) is 4.98 Å². The monoisotopic (exact) mass is 351 g/mol. The van der Waals surface area contributed by atoms with Crippen molar-refractivity contribution in [2.24, 2.45) is 0 Å². The Balaban J connectivity index is 1.48. The highest BCUT2D eigenvalue weighted by molar-refractivity contribution is 5.60. The van der Waals surface area contributed by atoms with Crippen LogP contribution in [-0.2, 0) is 6.54 Å². The number of nitrogens with zero attached hydrogens (tertiary/aromatic N) is 4. The van der Waals surface area contributed by atoms with E-state index in [-0.39, 0.29) is 17.3 Å². The zero-order valence-electron chi connectivity index (χ0n) is 13.8. The van der Waals surface area contributed by atoms with Gasteiger partial charge in [-0.05, 0) is 31.2 Å². The summed E-state index contributed by atoms with van der Waals surface area (Å²) in [4.78, 5) is 8.54. The highest BCUT2D eigenvalue weighted by Gasteiger charge is 2.14. The van der Waals surface area contributed by atoms with Gasteiger partial charge < -0.3 is 14.4 Å². The van der Waals surface area contributed by atoms with E-state index in [1.165, 1.54) is 6.07 Å². The predicted molar refractivity (Wildman–Crippen MR) is 91.5 cm³/mol. The molecule has 8 heteroatoms. The standard InChI is InChI=1S/C18H14FN5O2/c1-11-8-13(23-25-11)10-21-16-7-6-12(9-20-16)18-22-17(24-26-18)14-4-2-3-5-15(14)19/h2-9H,10H2,1H3,(H,20,21). The minimum atomic E-state index is -0.402. The van der Waals surface area contributed by atoms with Crippen molar-refractivity contribution >= 4 is 5.82 Å². The van der Waals surface area contributed by atoms with Crippen molar-refractivity contribution in [2.45, 2.75) is 13.5 Å². The lowest BCUT2D eigenvalue weighted by Crippen LogP contribution is -2.01. The normalized spacial score (nSPS) is 10.8. The van der Waals surface area contributed by atoms with Crippen molar-refractivity contribution in [1.82, 2.24) is 20.3 Å². The first-order valence-electron chi connectivity index (χ1n) is 7.90. The number of anilines is 1. The number of benzene rings is 1. The highest BCUT2D eigenvalue weighted by atomic mass is 19.1. The fraction of sp³-hybridized carbons (Fsp3) is 0.111. The van der Waals surface area contributed by atoms with Crippen molar-refractivity contribution in [3.05, 3.63) is 65.9 Å². The minimum Gasteiger partial charge on any atom is -0.364 e. The topological polar surface area (TPSA) is 89.9 Å². The van der Waals surface area contributed by atoms with Crippen molar-refractivity contribution < 1.29 is 13.4 Å². The van der Waals surface area contributed by atoms with Crippen molar-refractivity contribution in [3.63, 3.8) is 0 Å². The molecule has 1 aromatic carbocycles. The van der Waals surface area contributed by atoms with E-state index in [1.807, 2.05) is 13.0 Å². The molecule has 0 aliphatic rings.